The molecule has 29 heavy (non-hydrogen) atoms. The summed E-state index contributed by atoms with van der Waals surface area (Å²) in [4.78, 5) is 15.4. The molecule has 0 bridgehead atoms. The average Bonchev–Trinajstić information content (AvgIpc) is 3.33. The lowest BCUT2D eigenvalue weighted by molar-refractivity contribution is 0.0911. The van der Waals surface area contributed by atoms with Crippen molar-refractivity contribution < 1.29 is 9.21 Å². The van der Waals surface area contributed by atoms with E-state index >= 15 is 0 Å². The molecule has 1 saturated heterocycles. The summed E-state index contributed by atoms with van der Waals surface area (Å²) >= 11 is 6.48. The molecule has 0 radical (unpaired) electrons. The number of likely N-dealkylation sites (tertiary alicyclic amines) is 1. The van der Waals surface area contributed by atoms with Crippen LogP contribution < -0.4 is 5.32 Å². The molecule has 3 aromatic rings. The van der Waals surface area contributed by atoms with Crippen molar-refractivity contribution in [1.82, 2.24) is 10.2 Å². The van der Waals surface area contributed by atoms with Gasteiger partial charge in [0.1, 0.15) is 5.58 Å². The normalized spacial score (nSPS) is 15.7. The van der Waals surface area contributed by atoms with Crippen molar-refractivity contribution in [3.05, 3.63) is 69.4 Å². The smallest absolute Gasteiger partial charge is 0.287 e. The summed E-state index contributed by atoms with van der Waals surface area (Å²) in [7, 11) is 0. The Hall–Kier alpha value is -2.30. The fourth-order valence-electron chi connectivity index (χ4n) is 4.20. The molecule has 0 saturated carbocycles. The number of carbonyl (C=O) groups is 1. The average molecular weight is 411 g/mol. The van der Waals surface area contributed by atoms with Crippen LogP contribution >= 0.6 is 11.6 Å². The topological polar surface area (TPSA) is 45.5 Å². The predicted molar refractivity (Wildman–Crippen MR) is 118 cm³/mol. The van der Waals surface area contributed by atoms with Crippen LogP contribution in [0.1, 0.15) is 51.7 Å². The SMILES string of the molecule is Cc1cc2oc(C(=O)NC[C@@H](c3ccccc3Cl)N3CCCC3)c(C)c2cc1C. The molecule has 0 spiro atoms. The third-order valence-electron chi connectivity index (χ3n) is 6.06. The van der Waals surface area contributed by atoms with Crippen molar-refractivity contribution in [3.8, 4) is 0 Å². The van der Waals surface area contributed by atoms with E-state index in [1.165, 1.54) is 18.4 Å². The second kappa shape index (κ2) is 8.21. The zero-order chi connectivity index (χ0) is 20.5. The van der Waals surface area contributed by atoms with E-state index < -0.39 is 0 Å². The molecular formula is C24H27ClN2O2. The number of aryl methyl sites for hydroxylation is 3. The van der Waals surface area contributed by atoms with E-state index in [0.29, 0.717) is 12.3 Å². The van der Waals surface area contributed by atoms with Crippen molar-refractivity contribution in [2.45, 2.75) is 39.7 Å². The van der Waals surface area contributed by atoms with Gasteiger partial charge in [-0.1, -0.05) is 29.8 Å². The second-order valence-corrected chi connectivity index (χ2v) is 8.39. The quantitative estimate of drug-likeness (QED) is 0.597. The maximum atomic E-state index is 13.0. The maximum absolute atomic E-state index is 13.0. The Balaban J connectivity index is 1.58. The minimum absolute atomic E-state index is 0.0596. The van der Waals surface area contributed by atoms with Gasteiger partial charge in [0.05, 0.1) is 6.04 Å². The van der Waals surface area contributed by atoms with Crippen molar-refractivity contribution >= 4 is 28.5 Å². The first-order valence-corrected chi connectivity index (χ1v) is 10.6. The minimum atomic E-state index is -0.176. The first-order chi connectivity index (χ1) is 14.0. The van der Waals surface area contributed by atoms with Gasteiger partial charge in [-0.2, -0.15) is 0 Å². The highest BCUT2D eigenvalue weighted by atomic mass is 35.5. The van der Waals surface area contributed by atoms with Gasteiger partial charge in [0.15, 0.2) is 5.76 Å². The molecule has 1 fully saturated rings. The molecule has 0 unspecified atom stereocenters. The second-order valence-electron chi connectivity index (χ2n) is 7.98. The monoisotopic (exact) mass is 410 g/mol. The number of benzene rings is 2. The van der Waals surface area contributed by atoms with Gasteiger partial charge in [0.25, 0.3) is 5.91 Å². The van der Waals surface area contributed by atoms with Crippen LogP contribution in [0.25, 0.3) is 11.0 Å². The van der Waals surface area contributed by atoms with Crippen LogP contribution in [0.15, 0.2) is 40.8 Å². The van der Waals surface area contributed by atoms with E-state index in [9.17, 15) is 4.79 Å². The lowest BCUT2D eigenvalue weighted by atomic mass is 10.0. The minimum Gasteiger partial charge on any atom is -0.451 e. The fraction of sp³-hybridized carbons (Fsp3) is 0.375. The summed E-state index contributed by atoms with van der Waals surface area (Å²) in [5.74, 6) is 0.217. The summed E-state index contributed by atoms with van der Waals surface area (Å²) < 4.78 is 5.93. The van der Waals surface area contributed by atoms with Crippen LogP contribution in [0.2, 0.25) is 5.02 Å². The van der Waals surface area contributed by atoms with Gasteiger partial charge in [0.2, 0.25) is 0 Å². The predicted octanol–water partition coefficient (Wildman–Crippen LogP) is 5.58. The van der Waals surface area contributed by atoms with Crippen LogP contribution in [0, 0.1) is 20.8 Å². The van der Waals surface area contributed by atoms with E-state index in [1.54, 1.807) is 0 Å². The molecule has 152 valence electrons. The molecule has 4 nitrogen and oxygen atoms in total. The Kier molecular flexibility index (Phi) is 5.66. The zero-order valence-electron chi connectivity index (χ0n) is 17.2. The van der Waals surface area contributed by atoms with Crippen molar-refractivity contribution in [1.29, 1.82) is 0 Å². The Morgan fingerprint density at radius 1 is 1.14 bits per heavy atom. The summed E-state index contributed by atoms with van der Waals surface area (Å²) in [6, 6.07) is 12.1. The van der Waals surface area contributed by atoms with Gasteiger partial charge < -0.3 is 9.73 Å². The van der Waals surface area contributed by atoms with E-state index in [2.05, 4.69) is 36.2 Å². The molecule has 2 heterocycles. The number of furan rings is 1. The first kappa shape index (κ1) is 20.0. The van der Waals surface area contributed by atoms with Gasteiger partial charge in [-0.15, -0.1) is 0 Å². The van der Waals surface area contributed by atoms with Crippen molar-refractivity contribution in [2.24, 2.45) is 0 Å². The number of hydrogen-bond donors (Lipinski definition) is 1. The molecule has 1 N–H and O–H groups in total. The van der Waals surface area contributed by atoms with Gasteiger partial charge in [-0.3, -0.25) is 9.69 Å². The van der Waals surface area contributed by atoms with Gasteiger partial charge in [-0.05, 0) is 81.6 Å². The van der Waals surface area contributed by atoms with Crippen molar-refractivity contribution in [2.75, 3.05) is 19.6 Å². The summed E-state index contributed by atoms with van der Waals surface area (Å²) in [5, 5.41) is 4.84. The number of carbonyl (C=O) groups excluding carboxylic acids is 1. The number of fused-ring (bicyclic) bond motifs is 1. The number of amides is 1. The first-order valence-electron chi connectivity index (χ1n) is 10.2. The van der Waals surface area contributed by atoms with Crippen LogP contribution in [-0.4, -0.2) is 30.4 Å². The standard InChI is InChI=1S/C24H27ClN2O2/c1-15-12-19-17(3)23(29-22(19)13-16(15)2)24(28)26-14-21(27-10-6-7-11-27)18-8-4-5-9-20(18)25/h4-5,8-9,12-13,21H,6-7,10-11,14H2,1-3H3,(H,26,28)/t21-/m0/s1. The molecule has 1 aliphatic heterocycles. The number of nitrogens with one attached hydrogen (secondary N) is 1. The largest absolute Gasteiger partial charge is 0.451 e. The molecule has 0 aliphatic carbocycles. The molecular weight excluding hydrogens is 384 g/mol. The van der Waals surface area contributed by atoms with Crippen LogP contribution in [0.4, 0.5) is 0 Å². The Labute approximate surface area is 176 Å². The van der Waals surface area contributed by atoms with Gasteiger partial charge in [-0.25, -0.2) is 0 Å². The van der Waals surface area contributed by atoms with Crippen molar-refractivity contribution in [3.63, 3.8) is 0 Å². The van der Waals surface area contributed by atoms with Gasteiger partial charge >= 0.3 is 0 Å². The van der Waals surface area contributed by atoms with Crippen LogP contribution in [0.5, 0.6) is 0 Å². The lowest BCUT2D eigenvalue weighted by Crippen LogP contribution is -2.37. The van der Waals surface area contributed by atoms with Crippen LogP contribution in [-0.2, 0) is 0 Å². The number of rotatable bonds is 5. The molecule has 1 aliphatic rings. The van der Waals surface area contributed by atoms with E-state index in [-0.39, 0.29) is 11.9 Å². The van der Waals surface area contributed by atoms with Gasteiger partial charge in [0, 0.05) is 22.5 Å². The highest BCUT2D eigenvalue weighted by Gasteiger charge is 2.26. The lowest BCUT2D eigenvalue weighted by Gasteiger charge is -2.28. The third kappa shape index (κ3) is 3.92. The number of halogens is 1. The molecule has 5 heteroatoms. The van der Waals surface area contributed by atoms with E-state index in [1.807, 2.05) is 31.2 Å². The molecule has 1 aromatic heterocycles. The molecule has 1 atom stereocenters. The van der Waals surface area contributed by atoms with E-state index in [0.717, 1.165) is 45.8 Å². The Bertz CT molecular complexity index is 1050. The Morgan fingerprint density at radius 3 is 2.55 bits per heavy atom. The molecule has 1 amide bonds. The number of hydrogen-bond acceptors (Lipinski definition) is 3. The fourth-order valence-corrected chi connectivity index (χ4v) is 4.46. The molecule has 2 aromatic carbocycles. The highest BCUT2D eigenvalue weighted by molar-refractivity contribution is 6.31. The van der Waals surface area contributed by atoms with E-state index in [4.69, 9.17) is 16.0 Å². The summed E-state index contributed by atoms with van der Waals surface area (Å²) in [6.07, 6.45) is 2.35. The third-order valence-corrected chi connectivity index (χ3v) is 6.40. The summed E-state index contributed by atoms with van der Waals surface area (Å²) in [5.41, 5.74) is 5.06. The zero-order valence-corrected chi connectivity index (χ0v) is 18.0. The molecule has 4 rings (SSSR count). The Morgan fingerprint density at radius 2 is 1.83 bits per heavy atom. The highest BCUT2D eigenvalue weighted by Crippen LogP contribution is 2.31. The summed E-state index contributed by atoms with van der Waals surface area (Å²) in [6.45, 7) is 8.61. The number of nitrogens with zero attached hydrogens (tertiary/aromatic N) is 1. The van der Waals surface area contributed by atoms with Crippen LogP contribution in [0.3, 0.4) is 0 Å². The maximum Gasteiger partial charge on any atom is 0.287 e.